The van der Waals surface area contributed by atoms with Gasteiger partial charge in [0.2, 0.25) is 0 Å². The Morgan fingerprint density at radius 1 is 1.23 bits per heavy atom. The summed E-state index contributed by atoms with van der Waals surface area (Å²) in [6.07, 6.45) is -1.76. The second kappa shape index (κ2) is 7.49. The van der Waals surface area contributed by atoms with E-state index in [1.165, 1.54) is 10.7 Å². The van der Waals surface area contributed by atoms with Gasteiger partial charge in [-0.25, -0.2) is 18.4 Å². The molecule has 8 nitrogen and oxygen atoms in total. The molecule has 1 fully saturated rings. The molecule has 0 bridgehead atoms. The van der Waals surface area contributed by atoms with Crippen LogP contribution in [-0.2, 0) is 11.2 Å². The molecule has 0 radical (unpaired) electrons. The molecule has 10 heteroatoms. The maximum atomic E-state index is 14.5. The van der Waals surface area contributed by atoms with E-state index in [0.29, 0.717) is 46.4 Å². The molecule has 1 unspecified atom stereocenters. The Kier molecular flexibility index (Phi) is 4.89. The van der Waals surface area contributed by atoms with Crippen LogP contribution in [0.1, 0.15) is 35.5 Å². The number of aromatic nitrogens is 3. The lowest BCUT2D eigenvalue weighted by Crippen LogP contribution is -2.33. The third kappa shape index (κ3) is 3.26. The van der Waals surface area contributed by atoms with Crippen molar-refractivity contribution in [2.45, 2.75) is 50.3 Å². The predicted octanol–water partition coefficient (Wildman–Crippen LogP) is 1.73. The van der Waals surface area contributed by atoms with Crippen LogP contribution in [0.3, 0.4) is 0 Å². The quantitative estimate of drug-likeness (QED) is 0.497. The number of halogens is 2. The lowest BCUT2D eigenvalue weighted by Gasteiger charge is -2.18. The van der Waals surface area contributed by atoms with Gasteiger partial charge in [-0.05, 0) is 37.5 Å². The van der Waals surface area contributed by atoms with E-state index in [4.69, 9.17) is 4.74 Å². The van der Waals surface area contributed by atoms with Crippen molar-refractivity contribution in [3.05, 3.63) is 52.9 Å². The molecule has 0 amide bonds. The first-order chi connectivity index (χ1) is 14.9. The monoisotopic (exact) mass is 432 g/mol. The van der Waals surface area contributed by atoms with Gasteiger partial charge < -0.3 is 25.4 Å². The van der Waals surface area contributed by atoms with E-state index < -0.39 is 42.8 Å². The van der Waals surface area contributed by atoms with Gasteiger partial charge in [0.15, 0.2) is 11.9 Å². The highest BCUT2D eigenvalue weighted by molar-refractivity contribution is 5.89. The molecule has 164 valence electrons. The summed E-state index contributed by atoms with van der Waals surface area (Å²) < 4.78 is 35.0. The molecular weight excluding hydrogens is 410 g/mol. The van der Waals surface area contributed by atoms with Gasteiger partial charge >= 0.3 is 0 Å². The number of ether oxygens (including phenoxy) is 1. The van der Waals surface area contributed by atoms with Crippen molar-refractivity contribution < 1.29 is 28.8 Å². The largest absolute Gasteiger partial charge is 0.394 e. The van der Waals surface area contributed by atoms with Gasteiger partial charge in [0.1, 0.15) is 29.9 Å². The summed E-state index contributed by atoms with van der Waals surface area (Å²) >= 11 is 0. The number of anilines is 1. The van der Waals surface area contributed by atoms with Gasteiger partial charge in [-0.15, -0.1) is 0 Å². The summed E-state index contributed by atoms with van der Waals surface area (Å²) in [6, 6.07) is 3.74. The first-order valence-electron chi connectivity index (χ1n) is 10.1. The lowest BCUT2D eigenvalue weighted by molar-refractivity contribution is -0.0566. The highest BCUT2D eigenvalue weighted by atomic mass is 19.1. The van der Waals surface area contributed by atoms with Crippen LogP contribution in [0, 0.1) is 18.6 Å². The highest BCUT2D eigenvalue weighted by Crippen LogP contribution is 2.38. The number of rotatable bonds is 4. The lowest BCUT2D eigenvalue weighted by atomic mass is 10.1. The Morgan fingerprint density at radius 3 is 2.77 bits per heavy atom. The molecule has 3 heterocycles. The fourth-order valence-corrected chi connectivity index (χ4v) is 4.54. The number of benzene rings is 1. The third-order valence-corrected chi connectivity index (χ3v) is 6.01. The molecule has 1 aliphatic heterocycles. The number of hydrogen-bond acceptors (Lipinski definition) is 7. The molecule has 1 aromatic carbocycles. The second-order valence-electron chi connectivity index (χ2n) is 8.06. The maximum absolute atomic E-state index is 14.5. The average molecular weight is 432 g/mol. The minimum atomic E-state index is -1.29. The molecule has 2 aliphatic rings. The van der Waals surface area contributed by atoms with Crippen molar-refractivity contribution in [2.75, 3.05) is 11.9 Å². The molecule has 0 spiro atoms. The topological polar surface area (TPSA) is 113 Å². The van der Waals surface area contributed by atoms with Crippen LogP contribution < -0.4 is 5.32 Å². The summed E-state index contributed by atoms with van der Waals surface area (Å²) in [5, 5.41) is 38.0. The Balaban J connectivity index is 1.51. The molecule has 5 atom stereocenters. The summed E-state index contributed by atoms with van der Waals surface area (Å²) in [7, 11) is 0. The van der Waals surface area contributed by atoms with Gasteiger partial charge in [-0.3, -0.25) is 0 Å². The smallest absolute Gasteiger partial charge is 0.181 e. The zero-order valence-electron chi connectivity index (χ0n) is 16.7. The van der Waals surface area contributed by atoms with E-state index >= 15 is 0 Å². The molecule has 3 aromatic rings. The number of fused-ring (bicyclic) bond motifs is 2. The summed E-state index contributed by atoms with van der Waals surface area (Å²) in [4.78, 5) is 4.50. The Hall–Kier alpha value is -2.66. The van der Waals surface area contributed by atoms with Crippen LogP contribution in [-0.4, -0.2) is 55.0 Å². The van der Waals surface area contributed by atoms with E-state index in [1.54, 1.807) is 13.1 Å². The third-order valence-electron chi connectivity index (χ3n) is 6.01. The van der Waals surface area contributed by atoms with Gasteiger partial charge in [-0.1, -0.05) is 0 Å². The standard InChI is InChI=1S/C21H22F2N4O4/c1-9-4-15(26-14-3-2-10-5-11(22)6-13(23)17(10)14)12-7-24-27(20(12)25-9)21-19(30)18(29)16(8-28)31-21/h4-7,14,16,18-19,21,28-30H,2-3,8H2,1H3,(H,25,26)/t14?,16-,18-,19-,21-/m1/s1. The second-order valence-corrected chi connectivity index (χ2v) is 8.06. The van der Waals surface area contributed by atoms with E-state index in [0.717, 1.165) is 6.07 Å². The van der Waals surface area contributed by atoms with E-state index in [2.05, 4.69) is 15.4 Å². The first kappa shape index (κ1) is 20.3. The fraction of sp³-hybridized carbons (Fsp3) is 0.429. The number of nitrogens with one attached hydrogen (secondary N) is 1. The minimum absolute atomic E-state index is 0.335. The maximum Gasteiger partial charge on any atom is 0.181 e. The molecular formula is C21H22F2N4O4. The average Bonchev–Trinajstić information content (AvgIpc) is 3.39. The van der Waals surface area contributed by atoms with Crippen molar-refractivity contribution in [3.63, 3.8) is 0 Å². The molecule has 31 heavy (non-hydrogen) atoms. The van der Waals surface area contributed by atoms with Crippen LogP contribution in [0.4, 0.5) is 14.5 Å². The van der Waals surface area contributed by atoms with Crippen molar-refractivity contribution in [2.24, 2.45) is 0 Å². The molecule has 2 aromatic heterocycles. The van der Waals surface area contributed by atoms with Gasteiger partial charge in [0, 0.05) is 23.0 Å². The normalized spacial score (nSPS) is 27.7. The van der Waals surface area contributed by atoms with E-state index in [1.807, 2.05) is 6.07 Å². The fourth-order valence-electron chi connectivity index (χ4n) is 4.54. The molecule has 0 saturated carbocycles. The first-order valence-corrected chi connectivity index (χ1v) is 10.1. The molecule has 5 rings (SSSR count). The highest BCUT2D eigenvalue weighted by Gasteiger charge is 2.44. The number of nitrogens with zero attached hydrogens (tertiary/aromatic N) is 3. The zero-order chi connectivity index (χ0) is 21.9. The predicted molar refractivity (Wildman–Crippen MR) is 106 cm³/mol. The number of aliphatic hydroxyl groups is 3. The number of aliphatic hydroxyl groups excluding tert-OH is 3. The van der Waals surface area contributed by atoms with Crippen LogP contribution in [0.15, 0.2) is 24.4 Å². The van der Waals surface area contributed by atoms with Crippen molar-refractivity contribution in [3.8, 4) is 0 Å². The van der Waals surface area contributed by atoms with Crippen LogP contribution >= 0.6 is 0 Å². The number of hydrogen-bond donors (Lipinski definition) is 4. The number of aryl methyl sites for hydroxylation is 2. The summed E-state index contributed by atoms with van der Waals surface area (Å²) in [5.41, 5.74) is 2.84. The molecule has 1 aliphatic carbocycles. The summed E-state index contributed by atoms with van der Waals surface area (Å²) in [6.45, 7) is 1.35. The Labute approximate surface area is 176 Å². The Bertz CT molecular complexity index is 1150. The van der Waals surface area contributed by atoms with Crippen LogP contribution in [0.2, 0.25) is 0 Å². The van der Waals surface area contributed by atoms with E-state index in [9.17, 15) is 24.1 Å². The SMILES string of the molecule is Cc1cc(NC2CCc3cc(F)cc(F)c32)c2cnn([C@@H]3O[C@H](CO)[C@@H](O)[C@H]3O)c2n1. The van der Waals surface area contributed by atoms with Crippen molar-refractivity contribution >= 4 is 16.7 Å². The minimum Gasteiger partial charge on any atom is -0.394 e. The molecule has 1 saturated heterocycles. The van der Waals surface area contributed by atoms with Crippen molar-refractivity contribution in [1.29, 1.82) is 0 Å². The summed E-state index contributed by atoms with van der Waals surface area (Å²) in [5.74, 6) is -1.16. The van der Waals surface area contributed by atoms with Gasteiger partial charge in [-0.2, -0.15) is 5.10 Å². The van der Waals surface area contributed by atoms with Gasteiger partial charge in [0.25, 0.3) is 0 Å². The van der Waals surface area contributed by atoms with Crippen molar-refractivity contribution in [1.82, 2.24) is 14.8 Å². The molecule has 4 N–H and O–H groups in total. The van der Waals surface area contributed by atoms with E-state index in [-0.39, 0.29) is 6.04 Å². The Morgan fingerprint density at radius 2 is 2.03 bits per heavy atom. The number of pyridine rings is 1. The zero-order valence-corrected chi connectivity index (χ0v) is 16.7. The van der Waals surface area contributed by atoms with Crippen LogP contribution in [0.25, 0.3) is 11.0 Å². The van der Waals surface area contributed by atoms with Gasteiger partial charge in [0.05, 0.1) is 24.2 Å². The van der Waals surface area contributed by atoms with Crippen LogP contribution in [0.5, 0.6) is 0 Å².